The number of rotatable bonds is 7. The van der Waals surface area contributed by atoms with Crippen LogP contribution in [0.15, 0.2) is 52.0 Å². The molecule has 4 rings (SSSR count). The van der Waals surface area contributed by atoms with E-state index in [9.17, 15) is 4.79 Å². The topological polar surface area (TPSA) is 94.0 Å². The van der Waals surface area contributed by atoms with Gasteiger partial charge in [0.2, 0.25) is 4.77 Å². The van der Waals surface area contributed by atoms with Crippen molar-refractivity contribution in [2.75, 3.05) is 40.0 Å². The smallest absolute Gasteiger partial charge is 0.260 e. The number of halogens is 1. The number of nitrogens with one attached hydrogen (secondary N) is 1. The summed E-state index contributed by atoms with van der Waals surface area (Å²) in [6.07, 6.45) is 1.65. The van der Waals surface area contributed by atoms with Gasteiger partial charge in [-0.1, -0.05) is 28.1 Å². The van der Waals surface area contributed by atoms with Crippen molar-refractivity contribution in [2.45, 2.75) is 0 Å². The summed E-state index contributed by atoms with van der Waals surface area (Å²) < 4.78 is 19.2. The number of hydrogen-bond acceptors (Lipinski definition) is 7. The van der Waals surface area contributed by atoms with Crippen LogP contribution in [0.25, 0.3) is 11.4 Å². The largest absolute Gasteiger partial charge is 0.493 e. The van der Waals surface area contributed by atoms with E-state index in [1.165, 1.54) is 0 Å². The van der Waals surface area contributed by atoms with Crippen LogP contribution in [-0.2, 0) is 9.53 Å². The summed E-state index contributed by atoms with van der Waals surface area (Å²) in [6.45, 7) is 2.18. The third-order valence-corrected chi connectivity index (χ3v) is 5.95. The Kier molecular flexibility index (Phi) is 7.53. The number of aromatic amines is 1. The molecule has 9 nitrogen and oxygen atoms in total. The van der Waals surface area contributed by atoms with Gasteiger partial charge in [-0.3, -0.25) is 4.79 Å². The molecule has 1 aliphatic heterocycles. The summed E-state index contributed by atoms with van der Waals surface area (Å²) in [5.74, 6) is 1.47. The first-order valence-electron chi connectivity index (χ1n) is 10.2. The van der Waals surface area contributed by atoms with Gasteiger partial charge in [0.15, 0.2) is 23.9 Å². The normalized spacial score (nSPS) is 13.9. The molecule has 11 heteroatoms. The van der Waals surface area contributed by atoms with Crippen LogP contribution in [-0.4, -0.2) is 71.9 Å². The van der Waals surface area contributed by atoms with Crippen LogP contribution in [0.1, 0.15) is 5.56 Å². The zero-order valence-electron chi connectivity index (χ0n) is 17.9. The van der Waals surface area contributed by atoms with Crippen molar-refractivity contribution in [1.82, 2.24) is 19.8 Å². The van der Waals surface area contributed by atoms with Gasteiger partial charge in [-0.2, -0.15) is 14.9 Å². The van der Waals surface area contributed by atoms with E-state index in [0.29, 0.717) is 48.4 Å². The molecule has 0 saturated carbocycles. The van der Waals surface area contributed by atoms with Crippen LogP contribution >= 0.6 is 28.1 Å². The van der Waals surface area contributed by atoms with E-state index in [2.05, 4.69) is 31.2 Å². The standard InChI is InChI=1S/C22H22BrN5O4S/c1-30-19-12-15(6-7-18(19)32-14-20(29)27-8-10-31-11-9-27)13-24-28-21(25-26-22(28)33)16-4-2-3-5-17(16)23/h2-7,12-13H,8-11,14H2,1H3,(H,26,33)/b24-13-. The fourth-order valence-electron chi connectivity index (χ4n) is 3.27. The van der Waals surface area contributed by atoms with Crippen molar-refractivity contribution in [3.8, 4) is 22.9 Å². The fourth-order valence-corrected chi connectivity index (χ4v) is 3.91. The first-order valence-corrected chi connectivity index (χ1v) is 11.4. The maximum atomic E-state index is 12.3. The van der Waals surface area contributed by atoms with Crippen LogP contribution in [0, 0.1) is 4.77 Å². The predicted molar refractivity (Wildman–Crippen MR) is 129 cm³/mol. The van der Waals surface area contributed by atoms with Crippen LogP contribution in [0.5, 0.6) is 11.5 Å². The zero-order valence-corrected chi connectivity index (χ0v) is 20.3. The Balaban J connectivity index is 1.50. The molecule has 1 N–H and O–H groups in total. The number of benzene rings is 2. The minimum absolute atomic E-state index is 0.0662. The Bertz CT molecular complexity index is 1220. The van der Waals surface area contributed by atoms with Crippen LogP contribution in [0.3, 0.4) is 0 Å². The van der Waals surface area contributed by atoms with Gasteiger partial charge < -0.3 is 19.1 Å². The maximum absolute atomic E-state index is 12.3. The number of carbonyl (C=O) groups excluding carboxylic acids is 1. The monoisotopic (exact) mass is 531 g/mol. The summed E-state index contributed by atoms with van der Waals surface area (Å²) in [7, 11) is 1.55. The van der Waals surface area contributed by atoms with Crippen LogP contribution in [0.2, 0.25) is 0 Å². The van der Waals surface area contributed by atoms with Gasteiger partial charge in [0.25, 0.3) is 5.91 Å². The number of amides is 1. The molecule has 1 saturated heterocycles. The molecule has 3 aromatic rings. The molecule has 172 valence electrons. The average Bonchev–Trinajstić information content (AvgIpc) is 3.22. The highest BCUT2D eigenvalue weighted by molar-refractivity contribution is 9.10. The maximum Gasteiger partial charge on any atom is 0.260 e. The second kappa shape index (κ2) is 10.7. The summed E-state index contributed by atoms with van der Waals surface area (Å²) in [4.78, 5) is 14.1. The average molecular weight is 532 g/mol. The Morgan fingerprint density at radius 2 is 2.06 bits per heavy atom. The summed E-state index contributed by atoms with van der Waals surface area (Å²) in [5.41, 5.74) is 1.62. The number of morpholine rings is 1. The lowest BCUT2D eigenvalue weighted by Crippen LogP contribution is -2.43. The Labute approximate surface area is 204 Å². The lowest BCUT2D eigenvalue weighted by molar-refractivity contribution is -0.137. The molecule has 33 heavy (non-hydrogen) atoms. The molecule has 0 spiro atoms. The minimum atomic E-state index is -0.0834. The van der Waals surface area contributed by atoms with Gasteiger partial charge in [-0.25, -0.2) is 5.10 Å². The lowest BCUT2D eigenvalue weighted by Gasteiger charge is -2.26. The number of carbonyl (C=O) groups is 1. The first kappa shape index (κ1) is 23.1. The highest BCUT2D eigenvalue weighted by Gasteiger charge is 2.18. The molecule has 0 atom stereocenters. The number of H-pyrrole nitrogens is 1. The Morgan fingerprint density at radius 3 is 2.82 bits per heavy atom. The van der Waals surface area contributed by atoms with Crippen molar-refractivity contribution in [3.05, 3.63) is 57.3 Å². The van der Waals surface area contributed by atoms with Crippen molar-refractivity contribution in [2.24, 2.45) is 5.10 Å². The fraction of sp³-hybridized carbons (Fsp3) is 0.273. The van der Waals surface area contributed by atoms with Crippen molar-refractivity contribution in [3.63, 3.8) is 0 Å². The van der Waals surface area contributed by atoms with Gasteiger partial charge in [-0.15, -0.1) is 0 Å². The van der Waals surface area contributed by atoms with E-state index in [1.807, 2.05) is 30.3 Å². The van der Waals surface area contributed by atoms with Gasteiger partial charge in [0, 0.05) is 23.1 Å². The first-order chi connectivity index (χ1) is 16.1. The second-order valence-electron chi connectivity index (χ2n) is 7.08. The van der Waals surface area contributed by atoms with Gasteiger partial charge in [-0.05, 0) is 48.1 Å². The van der Waals surface area contributed by atoms with E-state index >= 15 is 0 Å². The van der Waals surface area contributed by atoms with E-state index < -0.39 is 0 Å². The molecule has 2 heterocycles. The molecule has 2 aromatic carbocycles. The van der Waals surface area contributed by atoms with E-state index in [4.69, 9.17) is 26.4 Å². The van der Waals surface area contributed by atoms with Crippen molar-refractivity contribution < 1.29 is 19.0 Å². The molecule has 1 fully saturated rings. The van der Waals surface area contributed by atoms with Gasteiger partial charge in [0.05, 0.1) is 26.5 Å². The SMILES string of the molecule is COc1cc(/C=N\n2c(-c3ccccc3Br)n[nH]c2=S)ccc1OCC(=O)N1CCOCC1. The Hall–Kier alpha value is -3.02. The lowest BCUT2D eigenvalue weighted by atomic mass is 10.2. The summed E-state index contributed by atoms with van der Waals surface area (Å²) in [5, 5.41) is 11.6. The minimum Gasteiger partial charge on any atom is -0.493 e. The number of methoxy groups -OCH3 is 1. The number of ether oxygens (including phenoxy) is 3. The molecular weight excluding hydrogens is 510 g/mol. The molecule has 0 bridgehead atoms. The highest BCUT2D eigenvalue weighted by Crippen LogP contribution is 2.28. The molecule has 1 aromatic heterocycles. The molecule has 1 aliphatic rings. The quantitative estimate of drug-likeness (QED) is 0.370. The zero-order chi connectivity index (χ0) is 23.2. The van der Waals surface area contributed by atoms with E-state index in [0.717, 1.165) is 15.6 Å². The molecule has 0 unspecified atom stereocenters. The van der Waals surface area contributed by atoms with E-state index in [-0.39, 0.29) is 12.5 Å². The molecular formula is C22H22BrN5O4S. The predicted octanol–water partition coefficient (Wildman–Crippen LogP) is 3.50. The molecule has 1 amide bonds. The summed E-state index contributed by atoms with van der Waals surface area (Å²) >= 11 is 8.87. The van der Waals surface area contributed by atoms with Gasteiger partial charge in [0.1, 0.15) is 0 Å². The van der Waals surface area contributed by atoms with Crippen molar-refractivity contribution in [1.29, 1.82) is 0 Å². The number of aromatic nitrogens is 3. The van der Waals surface area contributed by atoms with Crippen molar-refractivity contribution >= 4 is 40.3 Å². The Morgan fingerprint density at radius 1 is 1.27 bits per heavy atom. The third-order valence-electron chi connectivity index (χ3n) is 4.99. The second-order valence-corrected chi connectivity index (χ2v) is 8.32. The van der Waals surface area contributed by atoms with Crippen LogP contribution < -0.4 is 9.47 Å². The highest BCUT2D eigenvalue weighted by atomic mass is 79.9. The summed E-state index contributed by atoms with van der Waals surface area (Å²) in [6, 6.07) is 13.0. The third kappa shape index (κ3) is 5.49. The van der Waals surface area contributed by atoms with E-state index in [1.54, 1.807) is 35.0 Å². The van der Waals surface area contributed by atoms with Crippen LogP contribution in [0.4, 0.5) is 0 Å². The van der Waals surface area contributed by atoms with Gasteiger partial charge >= 0.3 is 0 Å². The molecule has 0 radical (unpaired) electrons. The number of hydrogen-bond donors (Lipinski definition) is 1. The molecule has 0 aliphatic carbocycles. The number of nitrogens with zero attached hydrogens (tertiary/aromatic N) is 4.